The topological polar surface area (TPSA) is 40.5 Å². The van der Waals surface area contributed by atoms with E-state index >= 15 is 0 Å². The molecule has 0 bridgehead atoms. The number of hydrogen-bond donors (Lipinski definition) is 2. The van der Waals surface area contributed by atoms with Crippen LogP contribution in [0.1, 0.15) is 39.5 Å². The Kier molecular flexibility index (Phi) is 4.72. The molecule has 0 saturated carbocycles. The number of aliphatic hydroxyl groups excluding tert-OH is 1. The molecular formula is C9H16O2. The van der Waals surface area contributed by atoms with E-state index in [4.69, 9.17) is 5.11 Å². The third-order valence-electron chi connectivity index (χ3n) is 1.59. The third-order valence-corrected chi connectivity index (χ3v) is 1.59. The molecule has 0 aromatic carbocycles. The summed E-state index contributed by atoms with van der Waals surface area (Å²) in [5.74, 6) is 2.34. The second kappa shape index (κ2) is 5.03. The van der Waals surface area contributed by atoms with Gasteiger partial charge in [-0.3, -0.25) is 0 Å². The molecule has 0 spiro atoms. The predicted molar refractivity (Wildman–Crippen MR) is 44.5 cm³/mol. The highest BCUT2D eigenvalue weighted by Gasteiger charge is 2.15. The van der Waals surface area contributed by atoms with E-state index in [1.807, 2.05) is 0 Å². The van der Waals surface area contributed by atoms with Gasteiger partial charge in [0.2, 0.25) is 0 Å². The Morgan fingerprint density at radius 1 is 1.36 bits per heavy atom. The summed E-state index contributed by atoms with van der Waals surface area (Å²) in [6.07, 6.45) is 5.55. The van der Waals surface area contributed by atoms with E-state index in [0.29, 0.717) is 6.42 Å². The van der Waals surface area contributed by atoms with Gasteiger partial charge >= 0.3 is 0 Å². The highest BCUT2D eigenvalue weighted by atomic mass is 16.3. The van der Waals surface area contributed by atoms with E-state index in [2.05, 4.69) is 12.8 Å². The normalized spacial score (nSPS) is 14.8. The molecule has 0 fully saturated rings. The second-order valence-corrected chi connectivity index (χ2v) is 2.97. The van der Waals surface area contributed by atoms with Crippen molar-refractivity contribution in [3.8, 4) is 12.0 Å². The van der Waals surface area contributed by atoms with Crippen molar-refractivity contribution >= 4 is 0 Å². The molecule has 0 aliphatic heterocycles. The lowest BCUT2D eigenvalue weighted by Gasteiger charge is -2.14. The molecule has 0 aromatic rings. The molecule has 2 N–H and O–H groups in total. The van der Waals surface area contributed by atoms with Gasteiger partial charge in [-0.1, -0.05) is 19.8 Å². The van der Waals surface area contributed by atoms with Gasteiger partial charge in [0.05, 0.1) is 0 Å². The molecule has 0 amide bonds. The van der Waals surface area contributed by atoms with E-state index in [0.717, 1.165) is 19.3 Å². The van der Waals surface area contributed by atoms with Gasteiger partial charge in [-0.15, -0.1) is 0 Å². The fourth-order valence-electron chi connectivity index (χ4n) is 0.902. The fourth-order valence-corrected chi connectivity index (χ4v) is 0.902. The molecule has 0 rings (SSSR count). The van der Waals surface area contributed by atoms with Gasteiger partial charge in [0.25, 0.3) is 0 Å². The number of rotatable bonds is 4. The fraction of sp³-hybridized carbons (Fsp3) is 0.778. The molecule has 0 aliphatic carbocycles. The Bertz CT molecular complexity index is 151. The summed E-state index contributed by atoms with van der Waals surface area (Å²) >= 11 is 0. The van der Waals surface area contributed by atoms with E-state index < -0.39 is 5.60 Å². The Hall–Kier alpha value is -0.680. The van der Waals surface area contributed by atoms with Crippen molar-refractivity contribution in [3.05, 3.63) is 0 Å². The van der Waals surface area contributed by atoms with Crippen LogP contribution in [-0.4, -0.2) is 15.8 Å². The number of aliphatic hydroxyl groups is 2. The van der Waals surface area contributed by atoms with Gasteiger partial charge in [-0.05, 0) is 25.7 Å². The summed E-state index contributed by atoms with van der Waals surface area (Å²) in [7, 11) is 0. The standard InChI is InChI=1S/C9H16O2/c1-3-4-5-6-9(2,11)7-8-10/h10-11H,3-6H2,1-2H3. The van der Waals surface area contributed by atoms with Crippen LogP contribution in [0.4, 0.5) is 0 Å². The lowest BCUT2D eigenvalue weighted by atomic mass is 10.00. The van der Waals surface area contributed by atoms with Gasteiger partial charge in [-0.2, -0.15) is 0 Å². The zero-order valence-electron chi connectivity index (χ0n) is 7.22. The van der Waals surface area contributed by atoms with Crippen LogP contribution in [0, 0.1) is 12.0 Å². The first-order valence-corrected chi connectivity index (χ1v) is 4.01. The van der Waals surface area contributed by atoms with Crippen molar-refractivity contribution in [2.45, 2.75) is 45.1 Å². The first kappa shape index (κ1) is 10.3. The van der Waals surface area contributed by atoms with Crippen molar-refractivity contribution in [2.24, 2.45) is 0 Å². The molecule has 1 atom stereocenters. The molecule has 0 aliphatic rings. The molecule has 2 heteroatoms. The number of unbranched alkanes of at least 4 members (excludes halogenated alkanes) is 2. The number of hydrogen-bond acceptors (Lipinski definition) is 2. The largest absolute Gasteiger partial charge is 0.462 e. The molecule has 1 unspecified atom stereocenters. The highest BCUT2D eigenvalue weighted by molar-refractivity contribution is 5.06. The molecule has 0 saturated heterocycles. The van der Waals surface area contributed by atoms with Crippen LogP contribution in [0.3, 0.4) is 0 Å². The van der Waals surface area contributed by atoms with E-state index in [1.54, 1.807) is 13.0 Å². The highest BCUT2D eigenvalue weighted by Crippen LogP contribution is 2.12. The molecule has 11 heavy (non-hydrogen) atoms. The Morgan fingerprint density at radius 2 is 2.00 bits per heavy atom. The van der Waals surface area contributed by atoms with Gasteiger partial charge in [0.1, 0.15) is 11.7 Å². The molecular weight excluding hydrogens is 140 g/mol. The van der Waals surface area contributed by atoms with Crippen LogP contribution < -0.4 is 0 Å². The monoisotopic (exact) mass is 156 g/mol. The van der Waals surface area contributed by atoms with Gasteiger partial charge in [0, 0.05) is 0 Å². The summed E-state index contributed by atoms with van der Waals surface area (Å²) in [6, 6.07) is 0. The van der Waals surface area contributed by atoms with Crippen LogP contribution in [0.25, 0.3) is 0 Å². The lowest BCUT2D eigenvalue weighted by Crippen LogP contribution is -2.20. The van der Waals surface area contributed by atoms with E-state index in [-0.39, 0.29) is 0 Å². The third kappa shape index (κ3) is 5.75. The summed E-state index contributed by atoms with van der Waals surface area (Å²) in [5, 5.41) is 17.6. The molecule has 64 valence electrons. The maximum atomic E-state index is 9.41. The quantitative estimate of drug-likeness (QED) is 0.480. The molecule has 0 aromatic heterocycles. The van der Waals surface area contributed by atoms with E-state index in [9.17, 15) is 5.11 Å². The van der Waals surface area contributed by atoms with Gasteiger partial charge in [0.15, 0.2) is 0 Å². The van der Waals surface area contributed by atoms with Crippen LogP contribution >= 0.6 is 0 Å². The maximum Gasteiger partial charge on any atom is 0.126 e. The first-order valence-electron chi connectivity index (χ1n) is 4.01. The average Bonchev–Trinajstić information content (AvgIpc) is 1.87. The average molecular weight is 156 g/mol. The summed E-state index contributed by atoms with van der Waals surface area (Å²) in [6.45, 7) is 3.72. The summed E-state index contributed by atoms with van der Waals surface area (Å²) in [5.41, 5.74) is -1.01. The Balaban J connectivity index is 3.61. The minimum absolute atomic E-state index is 0.633. The minimum atomic E-state index is -1.01. The van der Waals surface area contributed by atoms with Crippen molar-refractivity contribution in [2.75, 3.05) is 0 Å². The second-order valence-electron chi connectivity index (χ2n) is 2.97. The zero-order valence-corrected chi connectivity index (χ0v) is 7.22. The van der Waals surface area contributed by atoms with Crippen molar-refractivity contribution in [3.63, 3.8) is 0 Å². The Labute approximate surface area is 68.2 Å². The van der Waals surface area contributed by atoms with Crippen LogP contribution in [-0.2, 0) is 0 Å². The van der Waals surface area contributed by atoms with Crippen LogP contribution in [0.5, 0.6) is 0 Å². The van der Waals surface area contributed by atoms with Crippen LogP contribution in [0.15, 0.2) is 0 Å². The molecule has 2 nitrogen and oxygen atoms in total. The van der Waals surface area contributed by atoms with Crippen molar-refractivity contribution < 1.29 is 10.2 Å². The van der Waals surface area contributed by atoms with Gasteiger partial charge in [-0.25, -0.2) is 0 Å². The minimum Gasteiger partial charge on any atom is -0.462 e. The van der Waals surface area contributed by atoms with Crippen molar-refractivity contribution in [1.82, 2.24) is 0 Å². The van der Waals surface area contributed by atoms with Gasteiger partial charge < -0.3 is 10.2 Å². The van der Waals surface area contributed by atoms with Crippen molar-refractivity contribution in [1.29, 1.82) is 0 Å². The van der Waals surface area contributed by atoms with E-state index in [1.165, 1.54) is 0 Å². The summed E-state index contributed by atoms with van der Waals surface area (Å²) < 4.78 is 0. The lowest BCUT2D eigenvalue weighted by molar-refractivity contribution is 0.108. The predicted octanol–water partition coefficient (Wildman–Crippen LogP) is 1.65. The maximum absolute atomic E-state index is 9.41. The molecule has 0 heterocycles. The first-order chi connectivity index (χ1) is 5.12. The SMILES string of the molecule is CCCCCC(C)(O)C#CO. The Morgan fingerprint density at radius 3 is 2.45 bits per heavy atom. The zero-order chi connectivity index (χ0) is 8.74. The van der Waals surface area contributed by atoms with Crippen LogP contribution in [0.2, 0.25) is 0 Å². The summed E-state index contributed by atoms with van der Waals surface area (Å²) in [4.78, 5) is 0. The smallest absolute Gasteiger partial charge is 0.126 e. The molecule has 0 radical (unpaired) electrons.